The molecule has 1 aliphatic heterocycles. The Morgan fingerprint density at radius 3 is 2.88 bits per heavy atom. The third-order valence-electron chi connectivity index (χ3n) is 4.80. The quantitative estimate of drug-likeness (QED) is 0.788. The minimum absolute atomic E-state index is 0.0266. The second-order valence-electron chi connectivity index (χ2n) is 6.66. The molecule has 0 atom stereocenters. The lowest BCUT2D eigenvalue weighted by Gasteiger charge is -2.21. The Labute approximate surface area is 151 Å². The van der Waals surface area contributed by atoms with Crippen LogP contribution >= 0.6 is 0 Å². The number of carbonyl (C=O) groups is 1. The molecule has 0 spiro atoms. The Bertz CT molecular complexity index is 909. The molecule has 2 aromatic heterocycles. The van der Waals surface area contributed by atoms with Crippen molar-refractivity contribution >= 4 is 16.8 Å². The van der Waals surface area contributed by atoms with Crippen molar-refractivity contribution in [2.24, 2.45) is 0 Å². The van der Waals surface area contributed by atoms with E-state index in [1.54, 1.807) is 12.1 Å². The van der Waals surface area contributed by atoms with Gasteiger partial charge in [-0.25, -0.2) is 4.39 Å². The number of hydrogen-bond acceptors (Lipinski definition) is 3. The molecule has 26 heavy (non-hydrogen) atoms. The summed E-state index contributed by atoms with van der Waals surface area (Å²) in [7, 11) is 0. The summed E-state index contributed by atoms with van der Waals surface area (Å²) in [5, 5.41) is 0.722. The summed E-state index contributed by atoms with van der Waals surface area (Å²) >= 11 is 0. The maximum absolute atomic E-state index is 13.4. The number of aromatic amines is 1. The van der Waals surface area contributed by atoms with Gasteiger partial charge in [0.2, 0.25) is 0 Å². The number of carbonyl (C=O) groups excluding carboxylic acids is 1. The number of pyridine rings is 1. The van der Waals surface area contributed by atoms with E-state index in [1.807, 2.05) is 29.3 Å². The normalized spacial score (nSPS) is 16.0. The van der Waals surface area contributed by atoms with Gasteiger partial charge in [-0.1, -0.05) is 6.07 Å². The topological polar surface area (TPSA) is 52.2 Å². The third-order valence-corrected chi connectivity index (χ3v) is 4.80. The van der Waals surface area contributed by atoms with E-state index in [0.717, 1.165) is 49.2 Å². The first-order valence-corrected chi connectivity index (χ1v) is 8.89. The van der Waals surface area contributed by atoms with Gasteiger partial charge in [-0.15, -0.1) is 0 Å². The van der Waals surface area contributed by atoms with Crippen molar-refractivity contribution in [1.82, 2.24) is 19.8 Å². The van der Waals surface area contributed by atoms with E-state index in [-0.39, 0.29) is 11.7 Å². The fourth-order valence-electron chi connectivity index (χ4n) is 3.44. The van der Waals surface area contributed by atoms with Gasteiger partial charge in [0, 0.05) is 49.8 Å². The van der Waals surface area contributed by atoms with Gasteiger partial charge in [-0.05, 0) is 42.8 Å². The minimum Gasteiger partial charge on any atom is -0.351 e. The number of benzene rings is 1. The molecule has 5 nitrogen and oxygen atoms in total. The molecule has 1 aromatic carbocycles. The first-order chi connectivity index (χ1) is 12.7. The van der Waals surface area contributed by atoms with Crippen molar-refractivity contribution in [3.8, 4) is 0 Å². The van der Waals surface area contributed by atoms with Crippen LogP contribution in [0.5, 0.6) is 0 Å². The van der Waals surface area contributed by atoms with Crippen LogP contribution in [0.25, 0.3) is 10.9 Å². The molecule has 0 radical (unpaired) electrons. The average molecular weight is 352 g/mol. The van der Waals surface area contributed by atoms with E-state index >= 15 is 0 Å². The van der Waals surface area contributed by atoms with Crippen molar-refractivity contribution < 1.29 is 9.18 Å². The number of nitrogens with zero attached hydrogens (tertiary/aromatic N) is 3. The molecule has 0 unspecified atom stereocenters. The maximum atomic E-state index is 13.4. The SMILES string of the molecule is O=C(c1cc2cc(F)ccc2[nH]1)N1CCCN(Cc2ccccn2)CC1. The van der Waals surface area contributed by atoms with Crippen LogP contribution in [0.3, 0.4) is 0 Å². The number of amides is 1. The number of fused-ring (bicyclic) bond motifs is 1. The van der Waals surface area contributed by atoms with Crippen LogP contribution in [-0.2, 0) is 6.54 Å². The van der Waals surface area contributed by atoms with Crippen LogP contribution in [0.2, 0.25) is 0 Å². The molecule has 1 aliphatic rings. The monoisotopic (exact) mass is 352 g/mol. The summed E-state index contributed by atoms with van der Waals surface area (Å²) in [6.45, 7) is 3.96. The minimum atomic E-state index is -0.296. The molecule has 0 bridgehead atoms. The highest BCUT2D eigenvalue weighted by atomic mass is 19.1. The van der Waals surface area contributed by atoms with Crippen LogP contribution < -0.4 is 0 Å². The van der Waals surface area contributed by atoms with Crippen LogP contribution in [0.15, 0.2) is 48.7 Å². The number of rotatable bonds is 3. The number of nitrogens with one attached hydrogen (secondary N) is 1. The zero-order valence-electron chi connectivity index (χ0n) is 14.5. The van der Waals surface area contributed by atoms with E-state index in [2.05, 4.69) is 14.9 Å². The van der Waals surface area contributed by atoms with E-state index in [4.69, 9.17) is 0 Å². The van der Waals surface area contributed by atoms with Crippen LogP contribution in [0.1, 0.15) is 22.6 Å². The highest BCUT2D eigenvalue weighted by Crippen LogP contribution is 2.18. The first-order valence-electron chi connectivity index (χ1n) is 8.89. The van der Waals surface area contributed by atoms with E-state index < -0.39 is 0 Å². The molecule has 1 N–H and O–H groups in total. The number of halogens is 1. The Morgan fingerprint density at radius 2 is 2.04 bits per heavy atom. The Kier molecular flexibility index (Phi) is 4.67. The molecule has 1 fully saturated rings. The van der Waals surface area contributed by atoms with E-state index in [0.29, 0.717) is 12.2 Å². The van der Waals surface area contributed by atoms with Gasteiger partial charge >= 0.3 is 0 Å². The standard InChI is InChI=1S/C20H21FN4O/c21-16-5-6-18-15(12-16)13-19(23-18)20(26)25-9-3-8-24(10-11-25)14-17-4-1-2-7-22-17/h1-2,4-7,12-13,23H,3,8-11,14H2. The van der Waals surface area contributed by atoms with Crippen LogP contribution in [0, 0.1) is 5.82 Å². The van der Waals surface area contributed by atoms with Gasteiger partial charge in [-0.3, -0.25) is 14.7 Å². The highest BCUT2D eigenvalue weighted by Gasteiger charge is 2.22. The van der Waals surface area contributed by atoms with Crippen molar-refractivity contribution in [3.63, 3.8) is 0 Å². The van der Waals surface area contributed by atoms with Gasteiger partial charge in [0.1, 0.15) is 11.5 Å². The number of hydrogen-bond donors (Lipinski definition) is 1. The summed E-state index contributed by atoms with van der Waals surface area (Å²) in [5.74, 6) is -0.322. The molecule has 3 heterocycles. The Morgan fingerprint density at radius 1 is 1.12 bits per heavy atom. The summed E-state index contributed by atoms with van der Waals surface area (Å²) in [6, 6.07) is 12.2. The largest absolute Gasteiger partial charge is 0.351 e. The number of aromatic nitrogens is 2. The van der Waals surface area contributed by atoms with E-state index in [1.165, 1.54) is 12.1 Å². The predicted octanol–water partition coefficient (Wildman–Crippen LogP) is 3.05. The summed E-state index contributed by atoms with van der Waals surface area (Å²) < 4.78 is 13.4. The second-order valence-corrected chi connectivity index (χ2v) is 6.66. The molecule has 134 valence electrons. The molecular weight excluding hydrogens is 331 g/mol. The third kappa shape index (κ3) is 3.60. The first kappa shape index (κ1) is 16.7. The lowest BCUT2D eigenvalue weighted by Crippen LogP contribution is -2.35. The van der Waals surface area contributed by atoms with E-state index in [9.17, 15) is 9.18 Å². The molecule has 4 rings (SSSR count). The molecule has 0 saturated carbocycles. The van der Waals surface area contributed by atoms with Crippen molar-refractivity contribution in [3.05, 3.63) is 65.9 Å². The van der Waals surface area contributed by atoms with Crippen LogP contribution in [0.4, 0.5) is 4.39 Å². The fourth-order valence-corrected chi connectivity index (χ4v) is 3.44. The molecule has 0 aliphatic carbocycles. The van der Waals surface area contributed by atoms with Crippen molar-refractivity contribution in [2.75, 3.05) is 26.2 Å². The number of H-pyrrole nitrogens is 1. The lowest BCUT2D eigenvalue weighted by atomic mass is 10.2. The molecule has 1 saturated heterocycles. The smallest absolute Gasteiger partial charge is 0.270 e. The van der Waals surface area contributed by atoms with Gasteiger partial charge in [0.25, 0.3) is 5.91 Å². The zero-order chi connectivity index (χ0) is 17.9. The van der Waals surface area contributed by atoms with Gasteiger partial charge in [-0.2, -0.15) is 0 Å². The zero-order valence-corrected chi connectivity index (χ0v) is 14.5. The predicted molar refractivity (Wildman–Crippen MR) is 98.3 cm³/mol. The summed E-state index contributed by atoms with van der Waals surface area (Å²) in [5.41, 5.74) is 2.34. The van der Waals surface area contributed by atoms with Gasteiger partial charge < -0.3 is 9.88 Å². The highest BCUT2D eigenvalue weighted by molar-refractivity contribution is 5.98. The van der Waals surface area contributed by atoms with Gasteiger partial charge in [0.05, 0.1) is 5.69 Å². The maximum Gasteiger partial charge on any atom is 0.270 e. The molecule has 3 aromatic rings. The Balaban J connectivity index is 1.43. The average Bonchev–Trinajstić information content (AvgIpc) is 2.93. The fraction of sp³-hybridized carbons (Fsp3) is 0.300. The molecule has 6 heteroatoms. The lowest BCUT2D eigenvalue weighted by molar-refractivity contribution is 0.0756. The molecular formula is C20H21FN4O. The second kappa shape index (κ2) is 7.25. The summed E-state index contributed by atoms with van der Waals surface area (Å²) in [6.07, 6.45) is 2.73. The Hall–Kier alpha value is -2.73. The van der Waals surface area contributed by atoms with Gasteiger partial charge in [0.15, 0.2) is 0 Å². The van der Waals surface area contributed by atoms with Crippen molar-refractivity contribution in [1.29, 1.82) is 0 Å². The molecule has 1 amide bonds. The van der Waals surface area contributed by atoms with Crippen molar-refractivity contribution in [2.45, 2.75) is 13.0 Å². The summed E-state index contributed by atoms with van der Waals surface area (Å²) in [4.78, 5) is 24.5. The van der Waals surface area contributed by atoms with Crippen LogP contribution in [-0.4, -0.2) is 51.9 Å².